The molecule has 0 aliphatic heterocycles. The van der Waals surface area contributed by atoms with Crippen molar-refractivity contribution in [2.45, 2.75) is 32.4 Å². The van der Waals surface area contributed by atoms with Gasteiger partial charge in [0, 0.05) is 23.2 Å². The van der Waals surface area contributed by atoms with E-state index in [2.05, 4.69) is 5.32 Å². The number of nitrogens with one attached hydrogen (secondary N) is 1. The van der Waals surface area contributed by atoms with Crippen molar-refractivity contribution in [3.63, 3.8) is 0 Å². The second-order valence-corrected chi connectivity index (χ2v) is 4.60. The Labute approximate surface area is 106 Å². The van der Waals surface area contributed by atoms with E-state index < -0.39 is 17.3 Å². The maximum atomic E-state index is 13.7. The predicted molar refractivity (Wildman–Crippen MR) is 67.5 cm³/mol. The Balaban J connectivity index is 2.77. The Morgan fingerprint density at radius 2 is 2.22 bits per heavy atom. The van der Waals surface area contributed by atoms with Crippen LogP contribution in [0.15, 0.2) is 18.2 Å². The standard InChI is InChI=1S/C13H19FN2O2/c1-3-13(2,8-17)16-7-10-5-4-9(12(15)18)6-11(10)14/h4-6,16-17H,3,7-8H2,1-2H3,(H2,15,18). The molecule has 0 saturated carbocycles. The number of hydrogen-bond donors (Lipinski definition) is 3. The highest BCUT2D eigenvalue weighted by molar-refractivity contribution is 5.92. The third kappa shape index (κ3) is 3.51. The molecule has 1 unspecified atom stereocenters. The number of primary amides is 1. The zero-order chi connectivity index (χ0) is 13.8. The number of carbonyl (C=O) groups is 1. The fourth-order valence-electron chi connectivity index (χ4n) is 1.45. The topological polar surface area (TPSA) is 75.3 Å². The van der Waals surface area contributed by atoms with Crippen molar-refractivity contribution in [3.05, 3.63) is 35.1 Å². The van der Waals surface area contributed by atoms with Crippen LogP contribution < -0.4 is 11.1 Å². The third-order valence-electron chi connectivity index (χ3n) is 3.17. The minimum atomic E-state index is -0.651. The van der Waals surface area contributed by atoms with Crippen LogP contribution in [0.3, 0.4) is 0 Å². The van der Waals surface area contributed by atoms with E-state index in [-0.39, 0.29) is 18.7 Å². The fraction of sp³-hybridized carbons (Fsp3) is 0.462. The minimum Gasteiger partial charge on any atom is -0.394 e. The van der Waals surface area contributed by atoms with E-state index in [0.29, 0.717) is 5.56 Å². The number of halogens is 1. The first-order chi connectivity index (χ1) is 8.41. The van der Waals surface area contributed by atoms with Gasteiger partial charge in [0.1, 0.15) is 5.82 Å². The molecule has 0 bridgehead atoms. The summed E-state index contributed by atoms with van der Waals surface area (Å²) >= 11 is 0. The molecule has 1 amide bonds. The van der Waals surface area contributed by atoms with Crippen LogP contribution in [0.2, 0.25) is 0 Å². The number of nitrogens with two attached hydrogens (primary N) is 1. The highest BCUT2D eigenvalue weighted by Crippen LogP contribution is 2.13. The summed E-state index contributed by atoms with van der Waals surface area (Å²) < 4.78 is 13.7. The lowest BCUT2D eigenvalue weighted by molar-refractivity contribution is 0.1000. The average Bonchev–Trinajstić information content (AvgIpc) is 2.36. The molecule has 1 aromatic rings. The van der Waals surface area contributed by atoms with E-state index in [1.54, 1.807) is 0 Å². The van der Waals surface area contributed by atoms with Crippen LogP contribution in [0.1, 0.15) is 36.2 Å². The lowest BCUT2D eigenvalue weighted by Gasteiger charge is -2.27. The Morgan fingerprint density at radius 3 is 2.67 bits per heavy atom. The summed E-state index contributed by atoms with van der Waals surface area (Å²) in [7, 11) is 0. The van der Waals surface area contributed by atoms with Crippen molar-refractivity contribution in [1.29, 1.82) is 0 Å². The smallest absolute Gasteiger partial charge is 0.248 e. The molecule has 0 saturated heterocycles. The first-order valence-electron chi connectivity index (χ1n) is 5.86. The van der Waals surface area contributed by atoms with Crippen molar-refractivity contribution in [3.8, 4) is 0 Å². The van der Waals surface area contributed by atoms with Crippen molar-refractivity contribution in [2.24, 2.45) is 5.73 Å². The summed E-state index contributed by atoms with van der Waals surface area (Å²) in [6.45, 7) is 4.07. The molecule has 0 radical (unpaired) electrons. The monoisotopic (exact) mass is 254 g/mol. The summed E-state index contributed by atoms with van der Waals surface area (Å²) in [6, 6.07) is 4.14. The van der Waals surface area contributed by atoms with Gasteiger partial charge < -0.3 is 16.2 Å². The molecule has 1 aromatic carbocycles. The molecule has 0 aliphatic rings. The molecule has 100 valence electrons. The molecule has 0 heterocycles. The van der Waals surface area contributed by atoms with E-state index in [1.807, 2.05) is 13.8 Å². The molecule has 18 heavy (non-hydrogen) atoms. The van der Waals surface area contributed by atoms with Gasteiger partial charge in [-0.1, -0.05) is 13.0 Å². The van der Waals surface area contributed by atoms with Gasteiger partial charge in [-0.2, -0.15) is 0 Å². The Bertz CT molecular complexity index is 431. The van der Waals surface area contributed by atoms with E-state index in [4.69, 9.17) is 5.73 Å². The summed E-state index contributed by atoms with van der Waals surface area (Å²) in [5.74, 6) is -1.13. The molecule has 0 fully saturated rings. The first kappa shape index (κ1) is 14.6. The van der Waals surface area contributed by atoms with Crippen molar-refractivity contribution < 1.29 is 14.3 Å². The highest BCUT2D eigenvalue weighted by atomic mass is 19.1. The number of hydrogen-bond acceptors (Lipinski definition) is 3. The van der Waals surface area contributed by atoms with Gasteiger partial charge in [-0.15, -0.1) is 0 Å². The average molecular weight is 254 g/mol. The first-order valence-corrected chi connectivity index (χ1v) is 5.86. The van der Waals surface area contributed by atoms with Crippen LogP contribution in [0.25, 0.3) is 0 Å². The van der Waals surface area contributed by atoms with E-state index >= 15 is 0 Å². The second-order valence-electron chi connectivity index (χ2n) is 4.60. The van der Waals surface area contributed by atoms with Gasteiger partial charge in [0.15, 0.2) is 0 Å². The van der Waals surface area contributed by atoms with Crippen LogP contribution >= 0.6 is 0 Å². The van der Waals surface area contributed by atoms with Crippen molar-refractivity contribution in [2.75, 3.05) is 6.61 Å². The van der Waals surface area contributed by atoms with Gasteiger partial charge in [0.2, 0.25) is 5.91 Å². The normalized spacial score (nSPS) is 14.2. The number of benzene rings is 1. The summed E-state index contributed by atoms with van der Waals surface area (Å²) in [4.78, 5) is 10.9. The predicted octanol–water partition coefficient (Wildman–Crippen LogP) is 1.18. The van der Waals surface area contributed by atoms with Crippen LogP contribution in [-0.2, 0) is 6.54 Å². The molecular weight excluding hydrogens is 235 g/mol. The Kier molecular flexibility index (Phi) is 4.81. The van der Waals surface area contributed by atoms with Crippen molar-refractivity contribution >= 4 is 5.91 Å². The number of aliphatic hydroxyl groups is 1. The van der Waals surface area contributed by atoms with Crippen LogP contribution in [-0.4, -0.2) is 23.2 Å². The number of amides is 1. The maximum absolute atomic E-state index is 13.7. The number of aliphatic hydroxyl groups excluding tert-OH is 1. The maximum Gasteiger partial charge on any atom is 0.248 e. The van der Waals surface area contributed by atoms with Gasteiger partial charge in [-0.25, -0.2) is 4.39 Å². The van der Waals surface area contributed by atoms with Gasteiger partial charge >= 0.3 is 0 Å². The number of rotatable bonds is 6. The molecule has 1 rings (SSSR count). The number of carbonyl (C=O) groups excluding carboxylic acids is 1. The summed E-state index contributed by atoms with van der Waals surface area (Å²) in [5, 5.41) is 12.3. The molecule has 0 aliphatic carbocycles. The fourth-order valence-corrected chi connectivity index (χ4v) is 1.45. The molecule has 4 nitrogen and oxygen atoms in total. The second kappa shape index (κ2) is 5.93. The largest absolute Gasteiger partial charge is 0.394 e. The van der Waals surface area contributed by atoms with Crippen LogP contribution in [0, 0.1) is 5.82 Å². The molecule has 0 spiro atoms. The summed E-state index contributed by atoms with van der Waals surface area (Å²) in [6.07, 6.45) is 0.727. The molecular formula is C13H19FN2O2. The van der Waals surface area contributed by atoms with Crippen LogP contribution in [0.5, 0.6) is 0 Å². The Morgan fingerprint density at radius 1 is 1.56 bits per heavy atom. The lowest BCUT2D eigenvalue weighted by atomic mass is 9.99. The van der Waals surface area contributed by atoms with E-state index in [9.17, 15) is 14.3 Å². The quantitative estimate of drug-likeness (QED) is 0.713. The Hall–Kier alpha value is -1.46. The summed E-state index contributed by atoms with van der Waals surface area (Å²) in [5.41, 5.74) is 5.22. The van der Waals surface area contributed by atoms with Crippen LogP contribution in [0.4, 0.5) is 4.39 Å². The molecule has 4 N–H and O–H groups in total. The molecule has 5 heteroatoms. The van der Waals surface area contributed by atoms with Gasteiger partial charge in [0.05, 0.1) is 6.61 Å². The zero-order valence-electron chi connectivity index (χ0n) is 10.7. The van der Waals surface area contributed by atoms with Gasteiger partial charge in [0.25, 0.3) is 0 Å². The van der Waals surface area contributed by atoms with E-state index in [0.717, 1.165) is 12.5 Å². The van der Waals surface area contributed by atoms with Gasteiger partial charge in [-0.3, -0.25) is 4.79 Å². The lowest BCUT2D eigenvalue weighted by Crippen LogP contribution is -2.44. The molecule has 0 aromatic heterocycles. The minimum absolute atomic E-state index is 0.0233. The third-order valence-corrected chi connectivity index (χ3v) is 3.17. The highest BCUT2D eigenvalue weighted by Gasteiger charge is 2.20. The van der Waals surface area contributed by atoms with E-state index in [1.165, 1.54) is 12.1 Å². The van der Waals surface area contributed by atoms with Gasteiger partial charge in [-0.05, 0) is 25.5 Å². The zero-order valence-corrected chi connectivity index (χ0v) is 10.7. The SMILES string of the molecule is CCC(C)(CO)NCc1ccc(C(N)=O)cc1F. The molecule has 1 atom stereocenters. The van der Waals surface area contributed by atoms with Crippen molar-refractivity contribution in [1.82, 2.24) is 5.32 Å².